The highest BCUT2D eigenvalue weighted by Crippen LogP contribution is 2.46. The standard InChI is InChI=1S/C39H47ClN4O6/c1-6-26-11-7-12-28(21-26)34-32(14-8-15-33(34)40)39(49,18-10-19-42-36(46)47)30-13-9-20-44(25-30)35(45)31-17-16-27(22-29(31)23-41)24-43(5)37(48)50-38(2,3)4/h7-8,11-12,14-17,21-22,30,42,49H,6,9-10,13,18-20,24-25H2,1-5H3,(H,46,47)/t30-,39?/m1/s1. The number of nitrogens with zero attached hydrogens (tertiary/aromatic N) is 3. The number of amides is 3. The maximum absolute atomic E-state index is 14.0. The molecule has 50 heavy (non-hydrogen) atoms. The summed E-state index contributed by atoms with van der Waals surface area (Å²) in [5.41, 5.74) is 2.32. The second-order valence-corrected chi connectivity index (χ2v) is 14.3. The molecular formula is C39H47ClN4O6. The van der Waals surface area contributed by atoms with Gasteiger partial charge in [-0.2, -0.15) is 5.26 Å². The van der Waals surface area contributed by atoms with Gasteiger partial charge in [-0.1, -0.05) is 61.0 Å². The fourth-order valence-corrected chi connectivity index (χ4v) is 6.89. The van der Waals surface area contributed by atoms with Crippen LogP contribution in [0.25, 0.3) is 11.1 Å². The molecule has 0 aromatic heterocycles. The molecule has 1 aliphatic rings. The molecule has 1 fully saturated rings. The van der Waals surface area contributed by atoms with Gasteiger partial charge in [0.1, 0.15) is 5.60 Å². The molecule has 0 aliphatic carbocycles. The van der Waals surface area contributed by atoms with Gasteiger partial charge in [-0.05, 0) is 93.3 Å². The van der Waals surface area contributed by atoms with E-state index in [0.29, 0.717) is 47.5 Å². The van der Waals surface area contributed by atoms with Crippen molar-refractivity contribution in [1.29, 1.82) is 5.26 Å². The number of rotatable bonds is 11. The lowest BCUT2D eigenvalue weighted by Gasteiger charge is -2.44. The Labute approximate surface area is 299 Å². The topological polar surface area (TPSA) is 143 Å². The number of likely N-dealkylation sites (tertiary alicyclic amines) is 1. The number of ether oxygens (including phenoxy) is 1. The van der Waals surface area contributed by atoms with Gasteiger partial charge in [-0.25, -0.2) is 9.59 Å². The van der Waals surface area contributed by atoms with E-state index in [4.69, 9.17) is 16.3 Å². The Hall–Kier alpha value is -4.59. The Morgan fingerprint density at radius 1 is 1.10 bits per heavy atom. The van der Waals surface area contributed by atoms with Crippen molar-refractivity contribution in [3.63, 3.8) is 0 Å². The Bertz CT molecular complexity index is 1750. The quantitative estimate of drug-likeness (QED) is 0.175. The van der Waals surface area contributed by atoms with Crippen molar-refractivity contribution < 1.29 is 29.3 Å². The van der Waals surface area contributed by atoms with Crippen LogP contribution in [0.15, 0.2) is 60.7 Å². The Balaban J connectivity index is 1.65. The summed E-state index contributed by atoms with van der Waals surface area (Å²) in [6, 6.07) is 20.6. The van der Waals surface area contributed by atoms with Crippen LogP contribution >= 0.6 is 11.6 Å². The van der Waals surface area contributed by atoms with Crippen LogP contribution in [0, 0.1) is 17.2 Å². The zero-order chi connectivity index (χ0) is 36.6. The molecule has 0 spiro atoms. The molecule has 1 unspecified atom stereocenters. The molecule has 3 amide bonds. The summed E-state index contributed by atoms with van der Waals surface area (Å²) < 4.78 is 5.43. The van der Waals surface area contributed by atoms with Crippen LogP contribution in [0.1, 0.15) is 86.0 Å². The number of nitriles is 1. The van der Waals surface area contributed by atoms with Gasteiger partial charge >= 0.3 is 12.2 Å². The van der Waals surface area contributed by atoms with Crippen molar-refractivity contribution in [3.8, 4) is 17.2 Å². The van der Waals surface area contributed by atoms with Crippen molar-refractivity contribution >= 4 is 29.7 Å². The van der Waals surface area contributed by atoms with Gasteiger partial charge in [0.15, 0.2) is 0 Å². The van der Waals surface area contributed by atoms with Gasteiger partial charge in [0.2, 0.25) is 0 Å². The first-order valence-corrected chi connectivity index (χ1v) is 17.4. The van der Waals surface area contributed by atoms with E-state index in [2.05, 4.69) is 24.4 Å². The zero-order valence-corrected chi connectivity index (χ0v) is 30.2. The van der Waals surface area contributed by atoms with Crippen LogP contribution in [-0.2, 0) is 23.3 Å². The second kappa shape index (κ2) is 16.4. The number of hydrogen-bond donors (Lipinski definition) is 3. The van der Waals surface area contributed by atoms with Gasteiger partial charge in [0.25, 0.3) is 5.91 Å². The minimum atomic E-state index is -1.46. The molecule has 2 atom stereocenters. The van der Waals surface area contributed by atoms with E-state index >= 15 is 0 Å². The number of nitrogens with one attached hydrogen (secondary N) is 1. The number of carboxylic acid groups (broad SMARTS) is 1. The SMILES string of the molecule is CCc1cccc(-c2c(Cl)cccc2C(O)(CCCNC(=O)O)[C@@H]2CCCN(C(=O)c3ccc(CN(C)C(=O)OC(C)(C)C)cc3C#N)C2)c1. The third-order valence-electron chi connectivity index (χ3n) is 9.06. The predicted octanol–water partition coefficient (Wildman–Crippen LogP) is 7.60. The van der Waals surface area contributed by atoms with E-state index in [-0.39, 0.29) is 43.1 Å². The molecule has 4 rings (SSSR count). The number of hydrogen-bond acceptors (Lipinski definition) is 6. The fraction of sp³-hybridized carbons (Fsp3) is 0.436. The number of carbonyl (C=O) groups is 3. The third-order valence-corrected chi connectivity index (χ3v) is 9.37. The van der Waals surface area contributed by atoms with Gasteiger partial charge in [-0.15, -0.1) is 0 Å². The molecule has 11 heteroatoms. The first-order chi connectivity index (χ1) is 23.7. The van der Waals surface area contributed by atoms with Crippen LogP contribution in [0.4, 0.5) is 9.59 Å². The Kier molecular flexibility index (Phi) is 12.5. The monoisotopic (exact) mass is 702 g/mol. The predicted molar refractivity (Wildman–Crippen MR) is 193 cm³/mol. The van der Waals surface area contributed by atoms with E-state index in [1.165, 1.54) is 4.90 Å². The number of benzene rings is 3. The van der Waals surface area contributed by atoms with Crippen molar-refractivity contribution in [2.75, 3.05) is 26.7 Å². The largest absolute Gasteiger partial charge is 0.465 e. The normalized spacial score (nSPS) is 15.8. The molecule has 1 heterocycles. The van der Waals surface area contributed by atoms with Crippen LogP contribution in [-0.4, -0.2) is 70.4 Å². The highest BCUT2D eigenvalue weighted by atomic mass is 35.5. The Morgan fingerprint density at radius 2 is 1.84 bits per heavy atom. The van der Waals surface area contributed by atoms with E-state index in [1.807, 2.05) is 24.3 Å². The third kappa shape index (κ3) is 9.34. The van der Waals surface area contributed by atoms with E-state index < -0.39 is 29.3 Å². The van der Waals surface area contributed by atoms with Gasteiger partial charge in [-0.3, -0.25) is 4.79 Å². The summed E-state index contributed by atoms with van der Waals surface area (Å²) in [6.45, 7) is 8.43. The smallest absolute Gasteiger partial charge is 0.410 e. The number of piperidine rings is 1. The van der Waals surface area contributed by atoms with Crippen LogP contribution in [0.3, 0.4) is 0 Å². The van der Waals surface area contributed by atoms with Crippen molar-refractivity contribution in [1.82, 2.24) is 15.1 Å². The summed E-state index contributed by atoms with van der Waals surface area (Å²) in [6.07, 6.45) is 1.00. The van der Waals surface area contributed by atoms with E-state index in [1.54, 1.807) is 63.1 Å². The molecule has 1 aliphatic heterocycles. The highest BCUT2D eigenvalue weighted by Gasteiger charge is 2.43. The summed E-state index contributed by atoms with van der Waals surface area (Å²) in [4.78, 5) is 40.9. The van der Waals surface area contributed by atoms with Crippen molar-refractivity contribution in [2.45, 2.75) is 77.5 Å². The lowest BCUT2D eigenvalue weighted by Crippen LogP contribution is -2.48. The first kappa shape index (κ1) is 38.2. The zero-order valence-electron chi connectivity index (χ0n) is 29.5. The maximum atomic E-state index is 14.0. The molecule has 0 saturated carbocycles. The average molecular weight is 703 g/mol. The van der Waals surface area contributed by atoms with E-state index in [9.17, 15) is 29.9 Å². The van der Waals surface area contributed by atoms with E-state index in [0.717, 1.165) is 17.5 Å². The average Bonchev–Trinajstić information content (AvgIpc) is 3.08. The van der Waals surface area contributed by atoms with Gasteiger partial charge in [0, 0.05) is 49.7 Å². The molecular weight excluding hydrogens is 656 g/mol. The molecule has 3 N–H and O–H groups in total. The summed E-state index contributed by atoms with van der Waals surface area (Å²) in [5, 5.41) is 34.9. The summed E-state index contributed by atoms with van der Waals surface area (Å²) in [7, 11) is 1.61. The summed E-state index contributed by atoms with van der Waals surface area (Å²) in [5.74, 6) is -0.737. The lowest BCUT2D eigenvalue weighted by molar-refractivity contribution is -0.0563. The number of aliphatic hydroxyl groups is 1. The molecule has 266 valence electrons. The van der Waals surface area contributed by atoms with Crippen molar-refractivity contribution in [3.05, 3.63) is 93.5 Å². The number of aryl methyl sites for hydroxylation is 1. The Morgan fingerprint density at radius 3 is 2.52 bits per heavy atom. The molecule has 10 nitrogen and oxygen atoms in total. The minimum Gasteiger partial charge on any atom is -0.465 e. The van der Waals surface area contributed by atoms with Crippen LogP contribution in [0.5, 0.6) is 0 Å². The van der Waals surface area contributed by atoms with Crippen LogP contribution < -0.4 is 5.32 Å². The number of halogens is 1. The van der Waals surface area contributed by atoms with Gasteiger partial charge in [0.05, 0.1) is 22.8 Å². The minimum absolute atomic E-state index is 0.148. The van der Waals surface area contributed by atoms with Crippen LogP contribution in [0.2, 0.25) is 5.02 Å². The molecule has 0 bridgehead atoms. The fourth-order valence-electron chi connectivity index (χ4n) is 6.61. The molecule has 3 aromatic carbocycles. The molecule has 3 aromatic rings. The highest BCUT2D eigenvalue weighted by molar-refractivity contribution is 6.33. The maximum Gasteiger partial charge on any atom is 0.410 e. The summed E-state index contributed by atoms with van der Waals surface area (Å²) >= 11 is 6.86. The van der Waals surface area contributed by atoms with Crippen molar-refractivity contribution in [2.24, 2.45) is 5.92 Å². The second-order valence-electron chi connectivity index (χ2n) is 13.9. The molecule has 1 saturated heterocycles. The first-order valence-electron chi connectivity index (χ1n) is 17.0. The number of carbonyl (C=O) groups excluding carboxylic acids is 2. The molecule has 0 radical (unpaired) electrons. The van der Waals surface area contributed by atoms with Gasteiger partial charge < -0.3 is 30.1 Å². The lowest BCUT2D eigenvalue weighted by atomic mass is 9.72.